The molecular weight excluding hydrogens is 282 g/mol. The number of rotatable bonds is 4. The van der Waals surface area contributed by atoms with E-state index in [0.717, 1.165) is 11.1 Å². The van der Waals surface area contributed by atoms with E-state index in [1.54, 1.807) is 18.2 Å². The van der Waals surface area contributed by atoms with Crippen LogP contribution in [-0.2, 0) is 9.84 Å². The Labute approximate surface area is 126 Å². The molecule has 1 atom stereocenters. The zero-order valence-electron chi connectivity index (χ0n) is 12.8. The average molecular weight is 303 g/mol. The third-order valence-corrected chi connectivity index (χ3v) is 4.60. The highest BCUT2D eigenvalue weighted by Crippen LogP contribution is 2.25. The first-order chi connectivity index (χ1) is 9.81. The Morgan fingerprint density at radius 1 is 0.952 bits per heavy atom. The normalized spacial score (nSPS) is 13.1. The van der Waals surface area contributed by atoms with E-state index < -0.39 is 9.84 Å². The van der Waals surface area contributed by atoms with E-state index >= 15 is 0 Å². The van der Waals surface area contributed by atoms with Crippen LogP contribution in [-0.4, -0.2) is 21.7 Å². The third kappa shape index (κ3) is 3.71. The Kier molecular flexibility index (Phi) is 4.49. The smallest absolute Gasteiger partial charge is 0.175 e. The van der Waals surface area contributed by atoms with Crippen molar-refractivity contribution in [2.45, 2.75) is 24.8 Å². The molecule has 2 aromatic rings. The Hall–Kier alpha value is -1.65. The Morgan fingerprint density at radius 2 is 1.57 bits per heavy atom. The summed E-state index contributed by atoms with van der Waals surface area (Å²) >= 11 is 0. The predicted octanol–water partition coefficient (Wildman–Crippen LogP) is 3.02. The molecule has 2 aromatic carbocycles. The van der Waals surface area contributed by atoms with E-state index in [4.69, 9.17) is 0 Å². The van der Waals surface area contributed by atoms with Gasteiger partial charge in [0.2, 0.25) is 0 Å². The number of benzene rings is 2. The molecule has 1 N–H and O–H groups in total. The summed E-state index contributed by atoms with van der Waals surface area (Å²) in [6, 6.07) is 13.5. The number of hydrogen-bond acceptors (Lipinski definition) is 3. The molecule has 3 nitrogen and oxygen atoms in total. The molecule has 0 bridgehead atoms. The number of nitrogens with one attached hydrogen (secondary N) is 1. The fraction of sp³-hybridized carbons (Fsp3) is 0.294. The Morgan fingerprint density at radius 3 is 2.10 bits per heavy atom. The lowest BCUT2D eigenvalue weighted by atomic mass is 9.96. The monoisotopic (exact) mass is 303 g/mol. The van der Waals surface area contributed by atoms with Gasteiger partial charge in [0.05, 0.1) is 10.9 Å². The van der Waals surface area contributed by atoms with Crippen LogP contribution >= 0.6 is 0 Å². The summed E-state index contributed by atoms with van der Waals surface area (Å²) < 4.78 is 23.4. The predicted molar refractivity (Wildman–Crippen MR) is 86.4 cm³/mol. The van der Waals surface area contributed by atoms with Gasteiger partial charge in [-0.15, -0.1) is 0 Å². The van der Waals surface area contributed by atoms with Gasteiger partial charge in [-0.25, -0.2) is 8.42 Å². The van der Waals surface area contributed by atoms with Gasteiger partial charge in [0.25, 0.3) is 0 Å². The molecule has 1 unspecified atom stereocenters. The van der Waals surface area contributed by atoms with Crippen LogP contribution in [0.25, 0.3) is 0 Å². The molecule has 0 radical (unpaired) electrons. The maximum Gasteiger partial charge on any atom is 0.175 e. The van der Waals surface area contributed by atoms with Crippen molar-refractivity contribution in [3.8, 4) is 0 Å². The molecule has 21 heavy (non-hydrogen) atoms. The molecule has 0 heterocycles. The highest BCUT2D eigenvalue weighted by atomic mass is 32.2. The summed E-state index contributed by atoms with van der Waals surface area (Å²) in [7, 11) is -1.31. The standard InChI is InChI=1S/C17H21NO2S/c1-12-8-13(2)10-15(9-12)17(18-3)14-6-5-7-16(11-14)21(4,19)20/h5-11,17-18H,1-4H3. The van der Waals surface area contributed by atoms with Crippen LogP contribution in [0, 0.1) is 13.8 Å². The van der Waals surface area contributed by atoms with Crippen molar-refractivity contribution in [1.29, 1.82) is 0 Å². The van der Waals surface area contributed by atoms with Crippen molar-refractivity contribution in [2.75, 3.05) is 13.3 Å². The van der Waals surface area contributed by atoms with Crippen LogP contribution in [0.1, 0.15) is 28.3 Å². The van der Waals surface area contributed by atoms with Gasteiger partial charge in [-0.05, 0) is 44.2 Å². The minimum atomic E-state index is -3.19. The van der Waals surface area contributed by atoms with Crippen molar-refractivity contribution in [3.63, 3.8) is 0 Å². The lowest BCUT2D eigenvalue weighted by Crippen LogP contribution is -2.18. The zero-order valence-corrected chi connectivity index (χ0v) is 13.7. The Balaban J connectivity index is 2.51. The minimum Gasteiger partial charge on any atom is -0.309 e. The van der Waals surface area contributed by atoms with Crippen molar-refractivity contribution >= 4 is 9.84 Å². The first kappa shape index (κ1) is 15.7. The summed E-state index contributed by atoms with van der Waals surface area (Å²) in [5, 5.41) is 3.27. The van der Waals surface area contributed by atoms with Gasteiger partial charge < -0.3 is 5.32 Å². The molecular formula is C17H21NO2S. The minimum absolute atomic E-state index is 0.0229. The maximum absolute atomic E-state index is 11.7. The molecule has 0 saturated carbocycles. The van der Waals surface area contributed by atoms with E-state index in [0.29, 0.717) is 4.90 Å². The fourth-order valence-electron chi connectivity index (χ4n) is 2.63. The first-order valence-electron chi connectivity index (χ1n) is 6.87. The summed E-state index contributed by atoms with van der Waals surface area (Å²) in [4.78, 5) is 0.352. The van der Waals surface area contributed by atoms with E-state index in [9.17, 15) is 8.42 Å². The molecule has 0 aliphatic heterocycles. The summed E-state index contributed by atoms with van der Waals surface area (Å²) in [5.74, 6) is 0. The molecule has 0 aliphatic carbocycles. The highest BCUT2D eigenvalue weighted by Gasteiger charge is 2.15. The van der Waals surface area contributed by atoms with Gasteiger partial charge >= 0.3 is 0 Å². The molecule has 0 saturated heterocycles. The molecule has 4 heteroatoms. The molecule has 2 rings (SSSR count). The van der Waals surface area contributed by atoms with Crippen molar-refractivity contribution in [3.05, 3.63) is 64.7 Å². The van der Waals surface area contributed by atoms with Gasteiger partial charge in [0, 0.05) is 6.26 Å². The van der Waals surface area contributed by atoms with Crippen LogP contribution in [0.3, 0.4) is 0 Å². The van der Waals surface area contributed by atoms with Crippen molar-refractivity contribution in [1.82, 2.24) is 5.32 Å². The molecule has 0 aromatic heterocycles. The second kappa shape index (κ2) is 6.00. The van der Waals surface area contributed by atoms with Gasteiger partial charge in [0.1, 0.15) is 0 Å². The second-order valence-corrected chi connectivity index (χ2v) is 7.50. The van der Waals surface area contributed by atoms with Gasteiger partial charge in [0.15, 0.2) is 9.84 Å². The topological polar surface area (TPSA) is 46.2 Å². The van der Waals surface area contributed by atoms with Gasteiger partial charge in [-0.2, -0.15) is 0 Å². The van der Waals surface area contributed by atoms with E-state index in [1.807, 2.05) is 13.1 Å². The number of aryl methyl sites for hydroxylation is 2. The molecule has 0 aliphatic rings. The van der Waals surface area contributed by atoms with Crippen LogP contribution in [0.5, 0.6) is 0 Å². The molecule has 0 fully saturated rings. The molecule has 112 valence electrons. The van der Waals surface area contributed by atoms with Crippen molar-refractivity contribution in [2.24, 2.45) is 0 Å². The first-order valence-corrected chi connectivity index (χ1v) is 8.76. The van der Waals surface area contributed by atoms with Gasteiger partial charge in [-0.3, -0.25) is 0 Å². The van der Waals surface area contributed by atoms with E-state index in [2.05, 4.69) is 37.4 Å². The highest BCUT2D eigenvalue weighted by molar-refractivity contribution is 7.90. The fourth-order valence-corrected chi connectivity index (χ4v) is 3.30. The van der Waals surface area contributed by atoms with E-state index in [-0.39, 0.29) is 6.04 Å². The lowest BCUT2D eigenvalue weighted by molar-refractivity contribution is 0.601. The summed E-state index contributed by atoms with van der Waals surface area (Å²) in [6.45, 7) is 4.13. The summed E-state index contributed by atoms with van der Waals surface area (Å²) in [6.07, 6.45) is 1.23. The Bertz CT molecular complexity index is 731. The number of sulfone groups is 1. The van der Waals surface area contributed by atoms with Crippen LogP contribution in [0.15, 0.2) is 47.4 Å². The van der Waals surface area contributed by atoms with Crippen LogP contribution in [0.4, 0.5) is 0 Å². The lowest BCUT2D eigenvalue weighted by Gasteiger charge is -2.19. The SMILES string of the molecule is CNC(c1cc(C)cc(C)c1)c1cccc(S(C)(=O)=O)c1. The molecule has 0 spiro atoms. The number of hydrogen-bond donors (Lipinski definition) is 1. The average Bonchev–Trinajstić information content (AvgIpc) is 2.38. The van der Waals surface area contributed by atoms with Crippen LogP contribution in [0.2, 0.25) is 0 Å². The second-order valence-electron chi connectivity index (χ2n) is 5.49. The van der Waals surface area contributed by atoms with E-state index in [1.165, 1.54) is 17.4 Å². The van der Waals surface area contributed by atoms with Gasteiger partial charge in [-0.1, -0.05) is 41.5 Å². The zero-order chi connectivity index (χ0) is 15.6. The maximum atomic E-state index is 11.7. The van der Waals surface area contributed by atoms with Crippen LogP contribution < -0.4 is 5.32 Å². The van der Waals surface area contributed by atoms with Crippen molar-refractivity contribution < 1.29 is 8.42 Å². The summed E-state index contributed by atoms with van der Waals surface area (Å²) in [5.41, 5.74) is 4.49. The molecule has 0 amide bonds. The largest absolute Gasteiger partial charge is 0.309 e. The third-order valence-electron chi connectivity index (χ3n) is 3.49. The quantitative estimate of drug-likeness (QED) is 0.944.